The Balaban J connectivity index is 2.44. The number of carbonyl (C=O) groups excluding carboxylic acids is 1. The Labute approximate surface area is 125 Å². The summed E-state index contributed by atoms with van der Waals surface area (Å²) in [6, 6.07) is 8.24. The zero-order valence-corrected chi connectivity index (χ0v) is 12.4. The van der Waals surface area contributed by atoms with Gasteiger partial charge >= 0.3 is 12.0 Å². The van der Waals surface area contributed by atoms with Crippen molar-refractivity contribution in [1.82, 2.24) is 10.6 Å². The van der Waals surface area contributed by atoms with E-state index in [9.17, 15) is 9.59 Å². The van der Waals surface area contributed by atoms with Crippen LogP contribution >= 0.6 is 0 Å². The van der Waals surface area contributed by atoms with Crippen molar-refractivity contribution in [3.63, 3.8) is 0 Å². The van der Waals surface area contributed by atoms with Gasteiger partial charge in [0.2, 0.25) is 0 Å². The Morgan fingerprint density at radius 1 is 1.24 bits per heavy atom. The lowest BCUT2D eigenvalue weighted by Gasteiger charge is -2.14. The molecule has 0 fully saturated rings. The lowest BCUT2D eigenvalue weighted by molar-refractivity contribution is -0.139. The van der Waals surface area contributed by atoms with Crippen LogP contribution in [0.5, 0.6) is 0 Å². The van der Waals surface area contributed by atoms with Gasteiger partial charge < -0.3 is 15.7 Å². The van der Waals surface area contributed by atoms with E-state index < -0.39 is 18.0 Å². The maximum Gasteiger partial charge on any atom is 0.326 e. The van der Waals surface area contributed by atoms with Crippen LogP contribution in [0.2, 0.25) is 0 Å². The van der Waals surface area contributed by atoms with Crippen molar-refractivity contribution in [3.05, 3.63) is 47.5 Å². The molecule has 0 aliphatic carbocycles. The Bertz CT molecular complexity index is 494. The summed E-state index contributed by atoms with van der Waals surface area (Å²) in [5.74, 6) is -1.02. The molecule has 0 bridgehead atoms. The van der Waals surface area contributed by atoms with Crippen molar-refractivity contribution in [2.75, 3.05) is 6.54 Å². The second-order valence-electron chi connectivity index (χ2n) is 5.05. The van der Waals surface area contributed by atoms with E-state index in [0.29, 0.717) is 19.4 Å². The molecule has 0 aliphatic heterocycles. The van der Waals surface area contributed by atoms with Gasteiger partial charge in [-0.2, -0.15) is 0 Å². The average Bonchev–Trinajstić information content (AvgIpc) is 2.43. The van der Waals surface area contributed by atoms with Gasteiger partial charge in [0.15, 0.2) is 0 Å². The molecule has 1 rings (SSSR count). The molecule has 5 nitrogen and oxygen atoms in total. The fourth-order valence-electron chi connectivity index (χ4n) is 1.77. The van der Waals surface area contributed by atoms with E-state index >= 15 is 0 Å². The van der Waals surface area contributed by atoms with E-state index in [1.807, 2.05) is 50.3 Å². The molecule has 21 heavy (non-hydrogen) atoms. The van der Waals surface area contributed by atoms with Crippen LogP contribution in [0.25, 0.3) is 0 Å². The first-order valence-corrected chi connectivity index (χ1v) is 6.93. The largest absolute Gasteiger partial charge is 0.480 e. The molecule has 1 atom stereocenters. The van der Waals surface area contributed by atoms with Crippen molar-refractivity contribution >= 4 is 12.0 Å². The SMILES string of the molecule is CC(C)=CCNC(=O)NC(CCc1ccccc1)C(=O)O. The molecule has 3 N–H and O–H groups in total. The Hall–Kier alpha value is -2.30. The number of nitrogens with one attached hydrogen (secondary N) is 2. The molecule has 0 radical (unpaired) electrons. The highest BCUT2D eigenvalue weighted by Crippen LogP contribution is 2.05. The Morgan fingerprint density at radius 3 is 2.48 bits per heavy atom. The van der Waals surface area contributed by atoms with Crippen LogP contribution in [0.3, 0.4) is 0 Å². The topological polar surface area (TPSA) is 78.4 Å². The summed E-state index contributed by atoms with van der Waals surface area (Å²) in [5, 5.41) is 14.2. The van der Waals surface area contributed by atoms with E-state index in [1.165, 1.54) is 0 Å². The van der Waals surface area contributed by atoms with Gasteiger partial charge in [0, 0.05) is 6.54 Å². The third-order valence-corrected chi connectivity index (χ3v) is 2.94. The second kappa shape index (κ2) is 8.79. The number of amides is 2. The molecular weight excluding hydrogens is 268 g/mol. The molecule has 1 aromatic carbocycles. The monoisotopic (exact) mass is 290 g/mol. The second-order valence-corrected chi connectivity index (χ2v) is 5.05. The number of benzene rings is 1. The number of aryl methyl sites for hydroxylation is 1. The minimum atomic E-state index is -1.02. The predicted octanol–water partition coefficient (Wildman–Crippen LogP) is 2.34. The predicted molar refractivity (Wildman–Crippen MR) is 82.2 cm³/mol. The molecule has 1 aromatic rings. The molecule has 1 unspecified atom stereocenters. The Kier molecular flexibility index (Phi) is 7.01. The summed E-state index contributed by atoms with van der Waals surface area (Å²) < 4.78 is 0. The first-order valence-electron chi connectivity index (χ1n) is 6.93. The van der Waals surface area contributed by atoms with Crippen LogP contribution in [0, 0.1) is 0 Å². The first-order chi connectivity index (χ1) is 9.99. The number of carbonyl (C=O) groups is 2. The van der Waals surface area contributed by atoms with E-state index in [1.54, 1.807) is 0 Å². The zero-order chi connectivity index (χ0) is 15.7. The summed E-state index contributed by atoms with van der Waals surface area (Å²) in [6.07, 6.45) is 2.82. The van der Waals surface area contributed by atoms with Crippen molar-refractivity contribution in [3.8, 4) is 0 Å². The highest BCUT2D eigenvalue weighted by atomic mass is 16.4. The summed E-state index contributed by atoms with van der Waals surface area (Å²) in [5.41, 5.74) is 2.14. The van der Waals surface area contributed by atoms with Gasteiger partial charge in [-0.3, -0.25) is 0 Å². The van der Waals surface area contributed by atoms with Crippen molar-refractivity contribution < 1.29 is 14.7 Å². The minimum Gasteiger partial charge on any atom is -0.480 e. The standard InChI is InChI=1S/C16H22N2O3/c1-12(2)10-11-17-16(21)18-14(15(19)20)9-8-13-6-4-3-5-7-13/h3-7,10,14H,8-9,11H2,1-2H3,(H,19,20)(H2,17,18,21). The summed E-state index contributed by atoms with van der Waals surface area (Å²) in [4.78, 5) is 22.8. The number of aliphatic carboxylic acids is 1. The molecule has 0 saturated heterocycles. The van der Waals surface area contributed by atoms with Gasteiger partial charge in [-0.05, 0) is 32.3 Å². The van der Waals surface area contributed by atoms with Crippen LogP contribution in [0.1, 0.15) is 25.8 Å². The highest BCUT2D eigenvalue weighted by Gasteiger charge is 2.19. The smallest absolute Gasteiger partial charge is 0.326 e. The summed E-state index contributed by atoms with van der Waals surface area (Å²) in [6.45, 7) is 4.25. The first kappa shape index (κ1) is 16.8. The fourth-order valence-corrected chi connectivity index (χ4v) is 1.77. The molecule has 0 spiro atoms. The van der Waals surface area contributed by atoms with Crippen LogP contribution in [-0.4, -0.2) is 29.7 Å². The quantitative estimate of drug-likeness (QED) is 0.674. The van der Waals surface area contributed by atoms with Crippen LogP contribution in [0.4, 0.5) is 4.79 Å². The molecule has 0 aliphatic rings. The number of hydrogen-bond donors (Lipinski definition) is 3. The molecule has 0 heterocycles. The van der Waals surface area contributed by atoms with E-state index in [4.69, 9.17) is 5.11 Å². The highest BCUT2D eigenvalue weighted by molar-refractivity contribution is 5.82. The van der Waals surface area contributed by atoms with Crippen molar-refractivity contribution in [2.24, 2.45) is 0 Å². The van der Waals surface area contributed by atoms with E-state index in [2.05, 4.69) is 10.6 Å². The van der Waals surface area contributed by atoms with Crippen molar-refractivity contribution in [2.45, 2.75) is 32.7 Å². The van der Waals surface area contributed by atoms with Crippen LogP contribution in [-0.2, 0) is 11.2 Å². The minimum absolute atomic E-state index is 0.357. The van der Waals surface area contributed by atoms with Crippen molar-refractivity contribution in [1.29, 1.82) is 0 Å². The lowest BCUT2D eigenvalue weighted by atomic mass is 10.1. The van der Waals surface area contributed by atoms with Gasteiger partial charge in [-0.25, -0.2) is 9.59 Å². The normalized spacial score (nSPS) is 11.3. The summed E-state index contributed by atoms with van der Waals surface area (Å²) >= 11 is 0. The molecule has 2 amide bonds. The number of rotatable bonds is 7. The number of urea groups is 1. The molecular formula is C16H22N2O3. The number of carboxylic acids is 1. The Morgan fingerprint density at radius 2 is 1.90 bits per heavy atom. The molecule has 5 heteroatoms. The van der Waals surface area contributed by atoms with Crippen LogP contribution in [0.15, 0.2) is 42.0 Å². The van der Waals surface area contributed by atoms with E-state index in [0.717, 1.165) is 11.1 Å². The number of hydrogen-bond acceptors (Lipinski definition) is 2. The maximum atomic E-state index is 11.6. The molecule has 0 aromatic heterocycles. The zero-order valence-electron chi connectivity index (χ0n) is 12.4. The molecule has 114 valence electrons. The van der Waals surface area contributed by atoms with Gasteiger partial charge in [-0.1, -0.05) is 42.0 Å². The third kappa shape index (κ3) is 7.15. The lowest BCUT2D eigenvalue weighted by Crippen LogP contribution is -2.46. The van der Waals surface area contributed by atoms with Gasteiger partial charge in [0.05, 0.1) is 0 Å². The average molecular weight is 290 g/mol. The molecule has 0 saturated carbocycles. The number of allylic oxidation sites excluding steroid dienone is 1. The van der Waals surface area contributed by atoms with Gasteiger partial charge in [-0.15, -0.1) is 0 Å². The maximum absolute atomic E-state index is 11.6. The fraction of sp³-hybridized carbons (Fsp3) is 0.375. The van der Waals surface area contributed by atoms with Gasteiger partial charge in [0.1, 0.15) is 6.04 Å². The van der Waals surface area contributed by atoms with Crippen LogP contribution < -0.4 is 10.6 Å². The summed E-state index contributed by atoms with van der Waals surface area (Å²) in [7, 11) is 0. The third-order valence-electron chi connectivity index (χ3n) is 2.94. The van der Waals surface area contributed by atoms with E-state index in [-0.39, 0.29) is 0 Å². The number of carboxylic acid groups (broad SMARTS) is 1. The van der Waals surface area contributed by atoms with Gasteiger partial charge in [0.25, 0.3) is 0 Å².